The van der Waals surface area contributed by atoms with Crippen LogP contribution in [0.1, 0.15) is 17.5 Å². The maximum atomic E-state index is 13.5. The zero-order valence-electron chi connectivity index (χ0n) is 8.02. The van der Waals surface area contributed by atoms with Gasteiger partial charge in [0.05, 0.1) is 5.69 Å². The summed E-state index contributed by atoms with van der Waals surface area (Å²) in [5, 5.41) is 0. The predicted molar refractivity (Wildman–Crippen MR) is 50.7 cm³/mol. The molecule has 0 aromatic heterocycles. The minimum absolute atomic E-state index is 0.0220. The van der Waals surface area contributed by atoms with E-state index in [4.69, 9.17) is 0 Å². The van der Waals surface area contributed by atoms with E-state index in [9.17, 15) is 13.6 Å². The van der Waals surface area contributed by atoms with Gasteiger partial charge in [-0.3, -0.25) is 4.79 Å². The number of benzene rings is 1. The molecule has 0 atom stereocenters. The van der Waals surface area contributed by atoms with E-state index < -0.39 is 11.6 Å². The van der Waals surface area contributed by atoms with Crippen molar-refractivity contribution in [3.05, 3.63) is 28.8 Å². The maximum Gasteiger partial charge on any atom is 0.227 e. The Morgan fingerprint density at radius 2 is 1.73 bits per heavy atom. The molecular formula is C11H9F2NO. The topological polar surface area (TPSA) is 20.3 Å². The van der Waals surface area contributed by atoms with E-state index in [-0.39, 0.29) is 5.91 Å². The van der Waals surface area contributed by atoms with E-state index in [0.29, 0.717) is 42.6 Å². The summed E-state index contributed by atoms with van der Waals surface area (Å²) in [4.78, 5) is 13.0. The Hall–Kier alpha value is -1.45. The molecule has 2 heterocycles. The SMILES string of the molecule is O=C1CCc2c(F)cc(F)c3c2N1CC3. The summed E-state index contributed by atoms with van der Waals surface area (Å²) in [6.07, 6.45) is 1.22. The molecule has 1 aromatic rings. The molecule has 0 bridgehead atoms. The predicted octanol–water partition coefficient (Wildman–Crippen LogP) is 1.80. The van der Waals surface area contributed by atoms with Crippen molar-refractivity contribution in [1.29, 1.82) is 0 Å². The molecule has 2 nitrogen and oxygen atoms in total. The molecule has 2 aliphatic rings. The molecule has 1 amide bonds. The molecule has 15 heavy (non-hydrogen) atoms. The standard InChI is InChI=1S/C11H9F2NO/c12-8-5-9(13)7-3-4-14-10(15)2-1-6(8)11(7)14/h5H,1-4H2. The van der Waals surface area contributed by atoms with Crippen LogP contribution in [-0.2, 0) is 17.6 Å². The summed E-state index contributed by atoms with van der Waals surface area (Å²) in [5.74, 6) is -1.07. The highest BCUT2D eigenvalue weighted by Gasteiger charge is 2.34. The van der Waals surface area contributed by atoms with Crippen LogP contribution in [0.3, 0.4) is 0 Å². The molecule has 4 heteroatoms. The lowest BCUT2D eigenvalue weighted by Crippen LogP contribution is -2.33. The second kappa shape index (κ2) is 2.78. The first-order chi connectivity index (χ1) is 7.18. The Morgan fingerprint density at radius 1 is 1.07 bits per heavy atom. The fourth-order valence-corrected chi connectivity index (χ4v) is 2.45. The van der Waals surface area contributed by atoms with Crippen LogP contribution in [0.15, 0.2) is 6.07 Å². The molecule has 78 valence electrons. The van der Waals surface area contributed by atoms with Crippen LogP contribution in [0.4, 0.5) is 14.5 Å². The minimum atomic E-state index is -0.525. The Kier molecular flexibility index (Phi) is 1.63. The molecule has 0 aliphatic carbocycles. The molecule has 0 N–H and O–H groups in total. The number of carbonyl (C=O) groups excluding carboxylic acids is 1. The molecule has 0 radical (unpaired) electrons. The highest BCUT2D eigenvalue weighted by atomic mass is 19.1. The normalized spacial score (nSPS) is 18.3. The summed E-state index contributed by atoms with van der Waals surface area (Å²) in [6, 6.07) is 0.938. The second-order valence-electron chi connectivity index (χ2n) is 3.94. The third-order valence-corrected chi connectivity index (χ3v) is 3.15. The molecule has 1 aromatic carbocycles. The van der Waals surface area contributed by atoms with E-state index in [1.54, 1.807) is 0 Å². The van der Waals surface area contributed by atoms with Crippen molar-refractivity contribution in [2.45, 2.75) is 19.3 Å². The van der Waals surface area contributed by atoms with E-state index in [1.807, 2.05) is 0 Å². The van der Waals surface area contributed by atoms with E-state index in [0.717, 1.165) is 6.07 Å². The first kappa shape index (κ1) is 8.83. The van der Waals surface area contributed by atoms with Gasteiger partial charge in [-0.1, -0.05) is 0 Å². The van der Waals surface area contributed by atoms with Crippen molar-refractivity contribution >= 4 is 11.6 Å². The van der Waals surface area contributed by atoms with Crippen molar-refractivity contribution < 1.29 is 13.6 Å². The van der Waals surface area contributed by atoms with Gasteiger partial charge in [0.15, 0.2) is 0 Å². The number of rotatable bonds is 0. The van der Waals surface area contributed by atoms with Crippen molar-refractivity contribution in [2.75, 3.05) is 11.4 Å². The summed E-state index contributed by atoms with van der Waals surface area (Å²) in [5.41, 5.74) is 1.51. The van der Waals surface area contributed by atoms with Gasteiger partial charge in [0.1, 0.15) is 11.6 Å². The summed E-state index contributed by atoms with van der Waals surface area (Å²) in [7, 11) is 0. The van der Waals surface area contributed by atoms with Gasteiger partial charge in [-0.05, 0) is 12.8 Å². The molecular weight excluding hydrogens is 200 g/mol. The Morgan fingerprint density at radius 3 is 2.47 bits per heavy atom. The summed E-state index contributed by atoms with van der Waals surface area (Å²) < 4.78 is 26.9. The van der Waals surface area contributed by atoms with Gasteiger partial charge < -0.3 is 4.90 Å². The Balaban J connectivity index is 2.31. The lowest BCUT2D eigenvalue weighted by atomic mass is 9.98. The molecule has 0 saturated heterocycles. The zero-order chi connectivity index (χ0) is 10.6. The number of carbonyl (C=O) groups is 1. The van der Waals surface area contributed by atoms with Crippen molar-refractivity contribution in [2.24, 2.45) is 0 Å². The highest BCUT2D eigenvalue weighted by molar-refractivity contribution is 5.98. The average molecular weight is 209 g/mol. The molecule has 0 unspecified atom stereocenters. The zero-order valence-corrected chi connectivity index (χ0v) is 8.02. The van der Waals surface area contributed by atoms with E-state index in [1.165, 1.54) is 4.90 Å². The first-order valence-electron chi connectivity index (χ1n) is 4.98. The van der Waals surface area contributed by atoms with Crippen molar-refractivity contribution in [1.82, 2.24) is 0 Å². The van der Waals surface area contributed by atoms with Crippen LogP contribution in [-0.4, -0.2) is 12.5 Å². The van der Waals surface area contributed by atoms with Gasteiger partial charge in [0.25, 0.3) is 0 Å². The molecule has 3 rings (SSSR count). The fraction of sp³-hybridized carbons (Fsp3) is 0.364. The van der Waals surface area contributed by atoms with E-state index in [2.05, 4.69) is 0 Å². The summed E-state index contributed by atoms with van der Waals surface area (Å²) >= 11 is 0. The van der Waals surface area contributed by atoms with Crippen LogP contribution >= 0.6 is 0 Å². The molecule has 0 spiro atoms. The molecule has 2 aliphatic heterocycles. The first-order valence-corrected chi connectivity index (χ1v) is 4.98. The number of nitrogens with zero attached hydrogens (tertiary/aromatic N) is 1. The van der Waals surface area contributed by atoms with Gasteiger partial charge in [0, 0.05) is 30.2 Å². The Bertz CT molecular complexity index is 470. The van der Waals surface area contributed by atoms with Crippen molar-refractivity contribution in [3.63, 3.8) is 0 Å². The fourth-order valence-electron chi connectivity index (χ4n) is 2.45. The number of halogens is 2. The lowest BCUT2D eigenvalue weighted by Gasteiger charge is -2.25. The van der Waals surface area contributed by atoms with Gasteiger partial charge in [-0.15, -0.1) is 0 Å². The van der Waals surface area contributed by atoms with Gasteiger partial charge in [-0.2, -0.15) is 0 Å². The van der Waals surface area contributed by atoms with Crippen molar-refractivity contribution in [3.8, 4) is 0 Å². The smallest absolute Gasteiger partial charge is 0.227 e. The van der Waals surface area contributed by atoms with Crippen LogP contribution in [0.2, 0.25) is 0 Å². The average Bonchev–Trinajstić information content (AvgIpc) is 2.62. The van der Waals surface area contributed by atoms with Crippen LogP contribution in [0.25, 0.3) is 0 Å². The third-order valence-electron chi connectivity index (χ3n) is 3.15. The Labute approximate surface area is 85.5 Å². The van der Waals surface area contributed by atoms with Gasteiger partial charge in [-0.25, -0.2) is 8.78 Å². The quantitative estimate of drug-likeness (QED) is 0.638. The maximum absolute atomic E-state index is 13.5. The van der Waals surface area contributed by atoms with E-state index >= 15 is 0 Å². The number of hydrogen-bond acceptors (Lipinski definition) is 1. The van der Waals surface area contributed by atoms with Crippen LogP contribution in [0.5, 0.6) is 0 Å². The third kappa shape index (κ3) is 1.05. The molecule has 0 fully saturated rings. The number of hydrogen-bond donors (Lipinski definition) is 0. The number of amides is 1. The largest absolute Gasteiger partial charge is 0.311 e. The number of anilines is 1. The second-order valence-corrected chi connectivity index (χ2v) is 3.94. The highest BCUT2D eigenvalue weighted by Crippen LogP contribution is 2.39. The summed E-state index contributed by atoms with van der Waals surface area (Å²) in [6.45, 7) is 0.488. The minimum Gasteiger partial charge on any atom is -0.311 e. The van der Waals surface area contributed by atoms with Gasteiger partial charge in [0.2, 0.25) is 5.91 Å². The lowest BCUT2D eigenvalue weighted by molar-refractivity contribution is -0.118. The van der Waals surface area contributed by atoms with Crippen LogP contribution in [0, 0.1) is 11.6 Å². The monoisotopic (exact) mass is 209 g/mol. The molecule has 0 saturated carbocycles. The van der Waals surface area contributed by atoms with Crippen LogP contribution < -0.4 is 4.90 Å². The van der Waals surface area contributed by atoms with Gasteiger partial charge >= 0.3 is 0 Å².